The predicted molar refractivity (Wildman–Crippen MR) is 61.2 cm³/mol. The van der Waals surface area contributed by atoms with Crippen LogP contribution in [0.1, 0.15) is 30.1 Å². The number of pyridine rings is 1. The molecule has 0 spiro atoms. The molecule has 14 heavy (non-hydrogen) atoms. The Morgan fingerprint density at radius 1 is 1.36 bits per heavy atom. The van der Waals surface area contributed by atoms with Crippen molar-refractivity contribution >= 4 is 33.2 Å². The van der Waals surface area contributed by atoms with E-state index < -0.39 is 0 Å². The third kappa shape index (κ3) is 1.33. The van der Waals surface area contributed by atoms with Gasteiger partial charge in [-0.2, -0.15) is 0 Å². The molecule has 1 saturated carbocycles. The Kier molecular flexibility index (Phi) is 1.99. The summed E-state index contributed by atoms with van der Waals surface area (Å²) in [5.41, 5.74) is 0. The second kappa shape index (κ2) is 3.21. The van der Waals surface area contributed by atoms with Gasteiger partial charge in [-0.3, -0.25) is 0 Å². The highest BCUT2D eigenvalue weighted by Crippen LogP contribution is 2.41. The number of halogens is 1. The van der Waals surface area contributed by atoms with Gasteiger partial charge >= 0.3 is 0 Å². The van der Waals surface area contributed by atoms with E-state index in [1.54, 1.807) is 11.3 Å². The Morgan fingerprint density at radius 2 is 2.21 bits per heavy atom. The molecule has 0 unspecified atom stereocenters. The molecule has 3 heteroatoms. The maximum Gasteiger partial charge on any atom is 0.130 e. The fraction of sp³-hybridized carbons (Fsp3) is 0.364. The zero-order valence-corrected chi connectivity index (χ0v) is 9.24. The van der Waals surface area contributed by atoms with Gasteiger partial charge in [0.1, 0.15) is 9.98 Å². The van der Waals surface area contributed by atoms with Crippen LogP contribution < -0.4 is 0 Å². The summed E-state index contributed by atoms with van der Waals surface area (Å²) in [6, 6.07) is 6.19. The first-order valence-corrected chi connectivity index (χ1v) is 6.08. The van der Waals surface area contributed by atoms with Crippen LogP contribution in [0.2, 0.25) is 5.15 Å². The molecule has 72 valence electrons. The smallest absolute Gasteiger partial charge is 0.130 e. The van der Waals surface area contributed by atoms with E-state index in [9.17, 15) is 0 Å². The van der Waals surface area contributed by atoms with Crippen LogP contribution in [0.3, 0.4) is 0 Å². The lowest BCUT2D eigenvalue weighted by atomic mass is 9.84. The average Bonchev–Trinajstić information content (AvgIpc) is 2.43. The molecule has 0 aromatic carbocycles. The Hall–Kier alpha value is -0.600. The second-order valence-electron chi connectivity index (χ2n) is 3.80. The zero-order chi connectivity index (χ0) is 9.54. The van der Waals surface area contributed by atoms with Crippen molar-refractivity contribution in [1.82, 2.24) is 4.98 Å². The van der Waals surface area contributed by atoms with Crippen LogP contribution in [0.5, 0.6) is 0 Å². The van der Waals surface area contributed by atoms with Gasteiger partial charge in [-0.1, -0.05) is 18.0 Å². The molecule has 1 fully saturated rings. The Bertz CT molecular complexity index is 473. The SMILES string of the molecule is Clc1ccc2cc(C3CCC3)sc2n1. The Labute approximate surface area is 91.7 Å². The number of hydrogen-bond donors (Lipinski definition) is 0. The molecule has 0 atom stereocenters. The second-order valence-corrected chi connectivity index (χ2v) is 5.25. The topological polar surface area (TPSA) is 12.9 Å². The first-order chi connectivity index (χ1) is 6.83. The molecule has 0 radical (unpaired) electrons. The summed E-state index contributed by atoms with van der Waals surface area (Å²) in [6.45, 7) is 0. The van der Waals surface area contributed by atoms with Gasteiger partial charge in [0.25, 0.3) is 0 Å². The standard InChI is InChI=1S/C11H10ClNS/c12-10-5-4-8-6-9(7-2-1-3-7)14-11(8)13-10/h4-7H,1-3H2. The molecule has 2 aromatic rings. The minimum absolute atomic E-state index is 0.597. The molecular formula is C11H10ClNS. The maximum absolute atomic E-state index is 5.85. The highest BCUT2D eigenvalue weighted by molar-refractivity contribution is 7.18. The lowest BCUT2D eigenvalue weighted by Gasteiger charge is -2.23. The first-order valence-electron chi connectivity index (χ1n) is 4.89. The molecular weight excluding hydrogens is 214 g/mol. The molecule has 2 aromatic heterocycles. The summed E-state index contributed by atoms with van der Waals surface area (Å²) in [5, 5.41) is 1.83. The molecule has 2 heterocycles. The van der Waals surface area contributed by atoms with E-state index >= 15 is 0 Å². The number of nitrogens with zero attached hydrogens (tertiary/aromatic N) is 1. The van der Waals surface area contributed by atoms with Gasteiger partial charge in [0, 0.05) is 10.3 Å². The molecule has 0 amide bonds. The number of thiophene rings is 1. The normalized spacial score (nSPS) is 17.2. The molecule has 0 aliphatic heterocycles. The zero-order valence-electron chi connectivity index (χ0n) is 7.66. The van der Waals surface area contributed by atoms with Gasteiger partial charge in [-0.25, -0.2) is 4.98 Å². The largest absolute Gasteiger partial charge is 0.225 e. The van der Waals surface area contributed by atoms with E-state index in [-0.39, 0.29) is 0 Å². The fourth-order valence-corrected chi connectivity index (χ4v) is 3.21. The summed E-state index contributed by atoms with van der Waals surface area (Å²) >= 11 is 7.65. The van der Waals surface area contributed by atoms with Gasteiger partial charge in [-0.15, -0.1) is 11.3 Å². The fourth-order valence-electron chi connectivity index (χ4n) is 1.81. The third-order valence-electron chi connectivity index (χ3n) is 2.88. The maximum atomic E-state index is 5.85. The van der Waals surface area contributed by atoms with Gasteiger partial charge in [-0.05, 0) is 37.0 Å². The number of aromatic nitrogens is 1. The van der Waals surface area contributed by atoms with Crippen LogP contribution in [0.4, 0.5) is 0 Å². The molecule has 3 rings (SSSR count). The van der Waals surface area contributed by atoms with E-state index in [1.165, 1.54) is 29.5 Å². The monoisotopic (exact) mass is 223 g/mol. The summed E-state index contributed by atoms with van der Waals surface area (Å²) in [6.07, 6.45) is 4.08. The number of fused-ring (bicyclic) bond motifs is 1. The van der Waals surface area contributed by atoms with Gasteiger partial charge in [0.15, 0.2) is 0 Å². The van der Waals surface area contributed by atoms with E-state index in [0.717, 1.165) is 10.7 Å². The average molecular weight is 224 g/mol. The van der Waals surface area contributed by atoms with Gasteiger partial charge in [0.05, 0.1) is 0 Å². The van der Waals surface area contributed by atoms with Crippen molar-refractivity contribution in [3.63, 3.8) is 0 Å². The molecule has 0 N–H and O–H groups in total. The molecule has 1 aliphatic rings. The van der Waals surface area contributed by atoms with E-state index in [2.05, 4.69) is 17.1 Å². The number of rotatable bonds is 1. The molecule has 0 bridgehead atoms. The van der Waals surface area contributed by atoms with Crippen molar-refractivity contribution in [2.75, 3.05) is 0 Å². The summed E-state index contributed by atoms with van der Waals surface area (Å²) in [4.78, 5) is 6.89. The lowest BCUT2D eigenvalue weighted by Crippen LogP contribution is -2.06. The van der Waals surface area contributed by atoms with Crippen LogP contribution in [-0.2, 0) is 0 Å². The van der Waals surface area contributed by atoms with Crippen molar-refractivity contribution in [1.29, 1.82) is 0 Å². The van der Waals surface area contributed by atoms with Crippen molar-refractivity contribution < 1.29 is 0 Å². The van der Waals surface area contributed by atoms with Crippen LogP contribution >= 0.6 is 22.9 Å². The first kappa shape index (κ1) is 8.69. The lowest BCUT2D eigenvalue weighted by molar-refractivity contribution is 0.426. The summed E-state index contributed by atoms with van der Waals surface area (Å²) < 4.78 is 0. The van der Waals surface area contributed by atoms with Gasteiger partial charge in [0.2, 0.25) is 0 Å². The summed E-state index contributed by atoms with van der Waals surface area (Å²) in [5.74, 6) is 0.799. The van der Waals surface area contributed by atoms with Crippen molar-refractivity contribution in [3.05, 3.63) is 28.2 Å². The quantitative estimate of drug-likeness (QED) is 0.660. The van der Waals surface area contributed by atoms with E-state index in [1.807, 2.05) is 6.07 Å². The van der Waals surface area contributed by atoms with Crippen molar-refractivity contribution in [2.45, 2.75) is 25.2 Å². The molecule has 0 saturated heterocycles. The Morgan fingerprint density at radius 3 is 2.93 bits per heavy atom. The molecule has 1 aliphatic carbocycles. The number of hydrogen-bond acceptors (Lipinski definition) is 2. The van der Waals surface area contributed by atoms with Crippen molar-refractivity contribution in [2.24, 2.45) is 0 Å². The van der Waals surface area contributed by atoms with Crippen LogP contribution in [0.15, 0.2) is 18.2 Å². The highest BCUT2D eigenvalue weighted by atomic mass is 35.5. The van der Waals surface area contributed by atoms with Crippen LogP contribution in [-0.4, -0.2) is 4.98 Å². The highest BCUT2D eigenvalue weighted by Gasteiger charge is 2.21. The van der Waals surface area contributed by atoms with E-state index in [0.29, 0.717) is 5.15 Å². The third-order valence-corrected chi connectivity index (χ3v) is 4.29. The van der Waals surface area contributed by atoms with Crippen LogP contribution in [0, 0.1) is 0 Å². The molecule has 1 nitrogen and oxygen atoms in total. The minimum atomic E-state index is 0.597. The van der Waals surface area contributed by atoms with E-state index in [4.69, 9.17) is 11.6 Å². The van der Waals surface area contributed by atoms with Crippen LogP contribution in [0.25, 0.3) is 10.2 Å². The summed E-state index contributed by atoms with van der Waals surface area (Å²) in [7, 11) is 0. The van der Waals surface area contributed by atoms with Gasteiger partial charge < -0.3 is 0 Å². The van der Waals surface area contributed by atoms with Crippen molar-refractivity contribution in [3.8, 4) is 0 Å². The predicted octanol–water partition coefficient (Wildman–Crippen LogP) is 4.22. The Balaban J connectivity index is 2.10. The minimum Gasteiger partial charge on any atom is -0.225 e.